The fourth-order valence-electron chi connectivity index (χ4n) is 2.17. The molecular weight excluding hydrogens is 264 g/mol. The van der Waals surface area contributed by atoms with Crippen molar-refractivity contribution in [1.82, 2.24) is 10.2 Å². The van der Waals surface area contributed by atoms with Gasteiger partial charge in [-0.05, 0) is 39.5 Å². The van der Waals surface area contributed by atoms with Gasteiger partial charge in [0.1, 0.15) is 0 Å². The van der Waals surface area contributed by atoms with Crippen LogP contribution < -0.4 is 5.32 Å². The van der Waals surface area contributed by atoms with Crippen molar-refractivity contribution in [3.05, 3.63) is 0 Å². The molecule has 0 aliphatic carbocycles. The van der Waals surface area contributed by atoms with Crippen molar-refractivity contribution in [2.75, 3.05) is 52.6 Å². The largest absolute Gasteiger partial charge is 0.380 e. The molecule has 1 atom stereocenters. The van der Waals surface area contributed by atoms with E-state index in [9.17, 15) is 0 Å². The minimum atomic E-state index is 0.605. The predicted octanol–water partition coefficient (Wildman–Crippen LogP) is 2.78. The van der Waals surface area contributed by atoms with Crippen LogP contribution in [0.5, 0.6) is 0 Å². The molecule has 0 spiro atoms. The van der Waals surface area contributed by atoms with Crippen LogP contribution in [-0.4, -0.2) is 63.5 Å². The zero-order chi connectivity index (χ0) is 15.9. The molecule has 0 aliphatic heterocycles. The topological polar surface area (TPSA) is 33.7 Å². The molecule has 0 saturated carbocycles. The fourth-order valence-corrected chi connectivity index (χ4v) is 2.17. The van der Waals surface area contributed by atoms with E-state index in [1.54, 1.807) is 0 Å². The monoisotopic (exact) mass is 302 g/mol. The Balaban J connectivity index is 3.80. The summed E-state index contributed by atoms with van der Waals surface area (Å²) in [5, 5.41) is 3.63. The number of rotatable bonds is 15. The fraction of sp³-hybridized carbons (Fsp3) is 1.00. The summed E-state index contributed by atoms with van der Waals surface area (Å²) in [7, 11) is 0. The SMILES string of the molecule is CCOCCN(CCNC(C)CCC(C)C)CCOCC. The highest BCUT2D eigenvalue weighted by Gasteiger charge is 2.07. The number of nitrogens with one attached hydrogen (secondary N) is 1. The predicted molar refractivity (Wildman–Crippen MR) is 91.0 cm³/mol. The maximum atomic E-state index is 5.46. The van der Waals surface area contributed by atoms with Crippen LogP contribution >= 0.6 is 0 Å². The number of hydrogen-bond acceptors (Lipinski definition) is 4. The van der Waals surface area contributed by atoms with E-state index in [0.717, 1.165) is 58.5 Å². The normalized spacial score (nSPS) is 13.3. The van der Waals surface area contributed by atoms with Gasteiger partial charge in [-0.1, -0.05) is 13.8 Å². The molecular formula is C17H38N2O2. The smallest absolute Gasteiger partial charge is 0.0593 e. The van der Waals surface area contributed by atoms with Gasteiger partial charge in [-0.2, -0.15) is 0 Å². The van der Waals surface area contributed by atoms with Crippen LogP contribution in [0.25, 0.3) is 0 Å². The van der Waals surface area contributed by atoms with Crippen LogP contribution in [0, 0.1) is 5.92 Å². The molecule has 0 amide bonds. The highest BCUT2D eigenvalue weighted by molar-refractivity contribution is 4.65. The molecule has 0 fully saturated rings. The van der Waals surface area contributed by atoms with Crippen LogP contribution in [0.2, 0.25) is 0 Å². The van der Waals surface area contributed by atoms with Gasteiger partial charge in [-0.15, -0.1) is 0 Å². The summed E-state index contributed by atoms with van der Waals surface area (Å²) in [6, 6.07) is 0.605. The molecule has 0 rings (SSSR count). The van der Waals surface area contributed by atoms with Crippen molar-refractivity contribution in [1.29, 1.82) is 0 Å². The summed E-state index contributed by atoms with van der Waals surface area (Å²) in [5.41, 5.74) is 0. The van der Waals surface area contributed by atoms with E-state index in [0.29, 0.717) is 6.04 Å². The molecule has 1 N–H and O–H groups in total. The van der Waals surface area contributed by atoms with Gasteiger partial charge in [0.25, 0.3) is 0 Å². The second-order valence-electron chi connectivity index (χ2n) is 6.06. The van der Waals surface area contributed by atoms with Gasteiger partial charge >= 0.3 is 0 Å². The molecule has 21 heavy (non-hydrogen) atoms. The van der Waals surface area contributed by atoms with Gasteiger partial charge in [0.05, 0.1) is 13.2 Å². The molecule has 128 valence electrons. The van der Waals surface area contributed by atoms with Crippen LogP contribution in [0.4, 0.5) is 0 Å². The minimum Gasteiger partial charge on any atom is -0.380 e. The second kappa shape index (κ2) is 14.8. The van der Waals surface area contributed by atoms with E-state index in [-0.39, 0.29) is 0 Å². The number of nitrogens with zero attached hydrogens (tertiary/aromatic N) is 1. The average Bonchev–Trinajstić information content (AvgIpc) is 2.45. The Morgan fingerprint density at radius 3 is 1.90 bits per heavy atom. The van der Waals surface area contributed by atoms with Crippen LogP contribution in [0.1, 0.15) is 47.5 Å². The summed E-state index contributed by atoms with van der Waals surface area (Å²) in [4.78, 5) is 2.42. The first-order valence-corrected chi connectivity index (χ1v) is 8.71. The quantitative estimate of drug-likeness (QED) is 0.472. The van der Waals surface area contributed by atoms with Gasteiger partial charge in [-0.3, -0.25) is 4.90 Å². The maximum Gasteiger partial charge on any atom is 0.0593 e. The van der Waals surface area contributed by atoms with Crippen molar-refractivity contribution in [3.8, 4) is 0 Å². The molecule has 0 aromatic carbocycles. The molecule has 0 aliphatic rings. The Kier molecular flexibility index (Phi) is 14.7. The van der Waals surface area contributed by atoms with Gasteiger partial charge in [0.15, 0.2) is 0 Å². The van der Waals surface area contributed by atoms with E-state index < -0.39 is 0 Å². The molecule has 0 bridgehead atoms. The van der Waals surface area contributed by atoms with Crippen molar-refractivity contribution in [2.45, 2.75) is 53.5 Å². The number of hydrogen-bond donors (Lipinski definition) is 1. The summed E-state index contributed by atoms with van der Waals surface area (Å²) in [6.45, 7) is 18.2. The molecule has 0 radical (unpaired) electrons. The first kappa shape index (κ1) is 20.8. The Morgan fingerprint density at radius 1 is 0.857 bits per heavy atom. The van der Waals surface area contributed by atoms with Gasteiger partial charge in [0, 0.05) is 45.4 Å². The summed E-state index contributed by atoms with van der Waals surface area (Å²) >= 11 is 0. The molecule has 0 aromatic rings. The summed E-state index contributed by atoms with van der Waals surface area (Å²) < 4.78 is 10.9. The molecule has 4 nitrogen and oxygen atoms in total. The minimum absolute atomic E-state index is 0.605. The van der Waals surface area contributed by atoms with Crippen LogP contribution in [0.15, 0.2) is 0 Å². The van der Waals surface area contributed by atoms with Crippen molar-refractivity contribution >= 4 is 0 Å². The van der Waals surface area contributed by atoms with Gasteiger partial charge in [0.2, 0.25) is 0 Å². The van der Waals surface area contributed by atoms with E-state index in [4.69, 9.17) is 9.47 Å². The van der Waals surface area contributed by atoms with Gasteiger partial charge in [-0.25, -0.2) is 0 Å². The van der Waals surface area contributed by atoms with Crippen molar-refractivity contribution < 1.29 is 9.47 Å². The van der Waals surface area contributed by atoms with Gasteiger partial charge < -0.3 is 14.8 Å². The third kappa shape index (κ3) is 14.5. The molecule has 0 aromatic heterocycles. The number of ether oxygens (including phenoxy) is 2. The first-order chi connectivity index (χ1) is 10.1. The van der Waals surface area contributed by atoms with Crippen LogP contribution in [-0.2, 0) is 9.47 Å². The lowest BCUT2D eigenvalue weighted by molar-refractivity contribution is 0.0829. The molecule has 4 heteroatoms. The van der Waals surface area contributed by atoms with E-state index in [1.165, 1.54) is 12.8 Å². The summed E-state index contributed by atoms with van der Waals surface area (Å²) in [6.07, 6.45) is 2.56. The molecule has 0 heterocycles. The Labute approximate surface area is 132 Å². The zero-order valence-electron chi connectivity index (χ0n) is 15.0. The molecule has 0 saturated heterocycles. The lowest BCUT2D eigenvalue weighted by atomic mass is 10.0. The van der Waals surface area contributed by atoms with E-state index >= 15 is 0 Å². The first-order valence-electron chi connectivity index (χ1n) is 8.71. The van der Waals surface area contributed by atoms with E-state index in [1.807, 2.05) is 13.8 Å². The van der Waals surface area contributed by atoms with Crippen molar-refractivity contribution in [3.63, 3.8) is 0 Å². The van der Waals surface area contributed by atoms with Crippen molar-refractivity contribution in [2.24, 2.45) is 5.92 Å². The molecule has 1 unspecified atom stereocenters. The Morgan fingerprint density at radius 2 is 1.43 bits per heavy atom. The highest BCUT2D eigenvalue weighted by Crippen LogP contribution is 2.06. The lowest BCUT2D eigenvalue weighted by Crippen LogP contribution is -2.39. The average molecular weight is 303 g/mol. The zero-order valence-corrected chi connectivity index (χ0v) is 15.0. The Hall–Kier alpha value is -0.160. The maximum absolute atomic E-state index is 5.46. The second-order valence-corrected chi connectivity index (χ2v) is 6.06. The Bertz CT molecular complexity index is 203. The summed E-state index contributed by atoms with van der Waals surface area (Å²) in [5.74, 6) is 0.795. The highest BCUT2D eigenvalue weighted by atomic mass is 16.5. The standard InChI is InChI=1S/C17H38N2O2/c1-6-20-14-12-19(13-15-21-7-2)11-10-18-17(5)9-8-16(3)4/h16-18H,6-15H2,1-5H3. The third-order valence-electron chi connectivity index (χ3n) is 3.61. The third-order valence-corrected chi connectivity index (χ3v) is 3.61. The van der Waals surface area contributed by atoms with E-state index in [2.05, 4.69) is 31.0 Å². The lowest BCUT2D eigenvalue weighted by Gasteiger charge is -2.23. The van der Waals surface area contributed by atoms with Crippen LogP contribution in [0.3, 0.4) is 0 Å².